The number of aryl methyl sites for hydroxylation is 1. The van der Waals surface area contributed by atoms with Crippen molar-refractivity contribution in [3.05, 3.63) is 59.2 Å². The Morgan fingerprint density at radius 1 is 1.16 bits per heavy atom. The molecule has 0 bridgehead atoms. The zero-order chi connectivity index (χ0) is 14.0. The monoisotopic (exact) mass is 262 g/mol. The number of ether oxygens (including phenoxy) is 1. The maximum Gasteiger partial charge on any atom is 0.141 e. The number of amidine groups is 1. The molecule has 0 saturated heterocycles. The van der Waals surface area contributed by atoms with Gasteiger partial charge in [0.05, 0.1) is 5.56 Å². The first-order valence-electron chi connectivity index (χ1n) is 5.55. The second-order valence-corrected chi connectivity index (χ2v) is 4.07. The number of benzene rings is 2. The van der Waals surface area contributed by atoms with Gasteiger partial charge in [0.25, 0.3) is 0 Å². The number of nitrogen functional groups attached to an aromatic ring is 1. The highest BCUT2D eigenvalue weighted by Crippen LogP contribution is 2.29. The van der Waals surface area contributed by atoms with Crippen LogP contribution in [0.5, 0.6) is 11.5 Å². The Kier molecular flexibility index (Phi) is 3.46. The van der Waals surface area contributed by atoms with E-state index in [1.165, 1.54) is 0 Å². The van der Waals surface area contributed by atoms with E-state index in [2.05, 4.69) is 0 Å². The summed E-state index contributed by atoms with van der Waals surface area (Å²) in [6.07, 6.45) is 0. The van der Waals surface area contributed by atoms with E-state index < -0.39 is 11.6 Å². The second-order valence-electron chi connectivity index (χ2n) is 4.07. The lowest BCUT2D eigenvalue weighted by Crippen LogP contribution is -2.12. The lowest BCUT2D eigenvalue weighted by molar-refractivity contribution is 0.464. The fourth-order valence-electron chi connectivity index (χ4n) is 1.71. The Morgan fingerprint density at radius 3 is 2.37 bits per heavy atom. The first-order chi connectivity index (χ1) is 8.97. The second kappa shape index (κ2) is 5.06. The summed E-state index contributed by atoms with van der Waals surface area (Å²) in [7, 11) is 0. The molecule has 0 saturated carbocycles. The van der Waals surface area contributed by atoms with E-state index in [9.17, 15) is 8.78 Å². The van der Waals surface area contributed by atoms with E-state index in [4.69, 9.17) is 15.9 Å². The van der Waals surface area contributed by atoms with Gasteiger partial charge in [-0.2, -0.15) is 0 Å². The molecule has 19 heavy (non-hydrogen) atoms. The zero-order valence-electron chi connectivity index (χ0n) is 10.2. The minimum atomic E-state index is -0.729. The van der Waals surface area contributed by atoms with Gasteiger partial charge in [-0.15, -0.1) is 0 Å². The van der Waals surface area contributed by atoms with Crippen molar-refractivity contribution in [1.82, 2.24) is 0 Å². The highest BCUT2D eigenvalue weighted by Gasteiger charge is 2.11. The number of nitrogens with one attached hydrogen (secondary N) is 1. The molecule has 0 atom stereocenters. The molecular formula is C14H12F2N2O. The molecule has 0 amide bonds. The number of hydrogen-bond donors (Lipinski definition) is 2. The Morgan fingerprint density at radius 2 is 1.79 bits per heavy atom. The van der Waals surface area contributed by atoms with Gasteiger partial charge in [-0.3, -0.25) is 5.41 Å². The maximum absolute atomic E-state index is 13.1. The van der Waals surface area contributed by atoms with Crippen LogP contribution in [0.4, 0.5) is 8.78 Å². The maximum atomic E-state index is 13.1. The van der Waals surface area contributed by atoms with Crippen molar-refractivity contribution in [3.63, 3.8) is 0 Å². The highest BCUT2D eigenvalue weighted by atomic mass is 19.1. The average Bonchev–Trinajstić information content (AvgIpc) is 2.30. The van der Waals surface area contributed by atoms with Crippen LogP contribution >= 0.6 is 0 Å². The molecule has 0 spiro atoms. The summed E-state index contributed by atoms with van der Waals surface area (Å²) in [6, 6.07) is 8.00. The third kappa shape index (κ3) is 2.88. The molecule has 2 aromatic carbocycles. The summed E-state index contributed by atoms with van der Waals surface area (Å²) in [4.78, 5) is 0. The molecule has 0 fully saturated rings. The van der Waals surface area contributed by atoms with Gasteiger partial charge in [-0.25, -0.2) is 8.78 Å². The molecule has 2 rings (SSSR count). The lowest BCUT2D eigenvalue weighted by atomic mass is 10.1. The normalized spacial score (nSPS) is 10.3. The van der Waals surface area contributed by atoms with Crippen molar-refractivity contribution in [2.45, 2.75) is 6.92 Å². The van der Waals surface area contributed by atoms with Crippen LogP contribution in [-0.2, 0) is 0 Å². The van der Waals surface area contributed by atoms with Crippen molar-refractivity contribution in [2.24, 2.45) is 5.73 Å². The van der Waals surface area contributed by atoms with Crippen LogP contribution in [0.25, 0.3) is 0 Å². The molecule has 2 aromatic rings. The van der Waals surface area contributed by atoms with Crippen LogP contribution in [0.2, 0.25) is 0 Å². The fraction of sp³-hybridized carbons (Fsp3) is 0.0714. The summed E-state index contributed by atoms with van der Waals surface area (Å²) in [5.74, 6) is -1.29. The summed E-state index contributed by atoms with van der Waals surface area (Å²) >= 11 is 0. The van der Waals surface area contributed by atoms with Gasteiger partial charge in [0.2, 0.25) is 0 Å². The van der Waals surface area contributed by atoms with Crippen LogP contribution in [0.15, 0.2) is 36.4 Å². The number of halogens is 2. The van der Waals surface area contributed by atoms with Gasteiger partial charge >= 0.3 is 0 Å². The fourth-order valence-corrected chi connectivity index (χ4v) is 1.71. The van der Waals surface area contributed by atoms with Gasteiger partial charge in [-0.05, 0) is 18.6 Å². The number of para-hydroxylation sites is 1. The molecule has 0 aromatic heterocycles. The number of rotatable bonds is 3. The van der Waals surface area contributed by atoms with Crippen LogP contribution in [-0.4, -0.2) is 5.84 Å². The third-order valence-electron chi connectivity index (χ3n) is 2.56. The van der Waals surface area contributed by atoms with E-state index >= 15 is 0 Å². The highest BCUT2D eigenvalue weighted by molar-refractivity contribution is 5.98. The lowest BCUT2D eigenvalue weighted by Gasteiger charge is -2.13. The Hall–Kier alpha value is -2.43. The molecule has 98 valence electrons. The molecule has 0 aliphatic rings. The first kappa shape index (κ1) is 13.0. The van der Waals surface area contributed by atoms with Crippen LogP contribution in [0, 0.1) is 24.0 Å². The van der Waals surface area contributed by atoms with Gasteiger partial charge in [0.15, 0.2) is 0 Å². The molecule has 0 aliphatic carbocycles. The first-order valence-corrected chi connectivity index (χ1v) is 5.55. The van der Waals surface area contributed by atoms with Crippen LogP contribution in [0.1, 0.15) is 11.1 Å². The minimum absolute atomic E-state index is 0.0225. The summed E-state index contributed by atoms with van der Waals surface area (Å²) in [5, 5.41) is 7.47. The molecule has 0 unspecified atom stereocenters. The molecule has 0 radical (unpaired) electrons. The number of hydrogen-bond acceptors (Lipinski definition) is 2. The van der Waals surface area contributed by atoms with Crippen LogP contribution in [0.3, 0.4) is 0 Å². The summed E-state index contributed by atoms with van der Waals surface area (Å²) in [6.45, 7) is 1.76. The van der Waals surface area contributed by atoms with Gasteiger partial charge in [-0.1, -0.05) is 12.1 Å². The molecule has 0 aliphatic heterocycles. The Balaban J connectivity index is 2.45. The standard InChI is InChI=1S/C14H12F2N2O/c1-8-3-2-4-12(14(17)18)13(8)19-11-6-9(15)5-10(16)7-11/h2-7H,1H3,(H3,17,18). The average molecular weight is 262 g/mol. The molecule has 3 nitrogen and oxygen atoms in total. The summed E-state index contributed by atoms with van der Waals surface area (Å²) < 4.78 is 31.7. The Labute approximate surface area is 109 Å². The predicted molar refractivity (Wildman–Crippen MR) is 68.6 cm³/mol. The smallest absolute Gasteiger partial charge is 0.141 e. The van der Waals surface area contributed by atoms with Crippen molar-refractivity contribution in [2.75, 3.05) is 0 Å². The van der Waals surface area contributed by atoms with Gasteiger partial charge < -0.3 is 10.5 Å². The molecule has 0 heterocycles. The van der Waals surface area contributed by atoms with E-state index in [-0.39, 0.29) is 11.6 Å². The minimum Gasteiger partial charge on any atom is -0.456 e. The van der Waals surface area contributed by atoms with Crippen molar-refractivity contribution >= 4 is 5.84 Å². The van der Waals surface area contributed by atoms with Gasteiger partial charge in [0, 0.05) is 18.2 Å². The van der Waals surface area contributed by atoms with E-state index in [1.807, 2.05) is 0 Å². The molecule has 3 N–H and O–H groups in total. The van der Waals surface area contributed by atoms with E-state index in [0.717, 1.165) is 23.8 Å². The van der Waals surface area contributed by atoms with Gasteiger partial charge in [0.1, 0.15) is 29.0 Å². The quantitative estimate of drug-likeness (QED) is 0.658. The molecular weight excluding hydrogens is 250 g/mol. The zero-order valence-corrected chi connectivity index (χ0v) is 10.2. The van der Waals surface area contributed by atoms with E-state index in [1.54, 1.807) is 25.1 Å². The van der Waals surface area contributed by atoms with E-state index in [0.29, 0.717) is 11.3 Å². The number of nitrogens with two attached hydrogens (primary N) is 1. The van der Waals surface area contributed by atoms with Crippen molar-refractivity contribution in [3.8, 4) is 11.5 Å². The predicted octanol–water partition coefficient (Wildman–Crippen LogP) is 3.35. The largest absolute Gasteiger partial charge is 0.456 e. The molecule has 5 heteroatoms. The SMILES string of the molecule is Cc1cccc(C(=N)N)c1Oc1cc(F)cc(F)c1. The summed E-state index contributed by atoms with van der Waals surface area (Å²) in [5.41, 5.74) is 6.55. The third-order valence-corrected chi connectivity index (χ3v) is 2.56. The van der Waals surface area contributed by atoms with Crippen molar-refractivity contribution in [1.29, 1.82) is 5.41 Å². The topological polar surface area (TPSA) is 59.1 Å². The van der Waals surface area contributed by atoms with Crippen molar-refractivity contribution < 1.29 is 13.5 Å². The Bertz CT molecular complexity index is 621. The van der Waals surface area contributed by atoms with Crippen LogP contribution < -0.4 is 10.5 Å².